The molecule has 0 bridgehead atoms. The molecule has 3 atom stereocenters. The standard InChI is InChI=1S/C12H20N2O2/c1-8-6-10(7-13)14(9(8)2)11(15)16-12(3,4)5/h8-10H,6H2,1-5H3/t8-,9?,10-/m0/s1. The van der Waals surface area contributed by atoms with Gasteiger partial charge in [-0.05, 0) is 40.0 Å². The highest BCUT2D eigenvalue weighted by molar-refractivity contribution is 5.70. The summed E-state index contributed by atoms with van der Waals surface area (Å²) in [5.41, 5.74) is -0.511. The quantitative estimate of drug-likeness (QED) is 0.635. The average molecular weight is 224 g/mol. The van der Waals surface area contributed by atoms with Gasteiger partial charge in [-0.15, -0.1) is 0 Å². The van der Waals surface area contributed by atoms with Gasteiger partial charge in [-0.25, -0.2) is 4.79 Å². The number of rotatable bonds is 0. The van der Waals surface area contributed by atoms with Crippen molar-refractivity contribution in [2.75, 3.05) is 0 Å². The van der Waals surface area contributed by atoms with E-state index in [1.165, 1.54) is 0 Å². The molecule has 0 aromatic carbocycles. The second-order valence-corrected chi connectivity index (χ2v) is 5.49. The normalized spacial score (nSPS) is 30.0. The zero-order valence-electron chi connectivity index (χ0n) is 10.7. The summed E-state index contributed by atoms with van der Waals surface area (Å²) in [4.78, 5) is 13.5. The fraction of sp³-hybridized carbons (Fsp3) is 0.833. The molecule has 90 valence electrons. The van der Waals surface area contributed by atoms with Gasteiger partial charge in [0.15, 0.2) is 0 Å². The van der Waals surface area contributed by atoms with Crippen molar-refractivity contribution in [2.24, 2.45) is 5.92 Å². The molecular formula is C12H20N2O2. The molecule has 1 heterocycles. The first kappa shape index (κ1) is 12.8. The maximum Gasteiger partial charge on any atom is 0.411 e. The lowest BCUT2D eigenvalue weighted by Gasteiger charge is -2.29. The Morgan fingerprint density at radius 2 is 2.00 bits per heavy atom. The highest BCUT2D eigenvalue weighted by Gasteiger charge is 2.41. The van der Waals surface area contributed by atoms with Gasteiger partial charge in [0, 0.05) is 6.04 Å². The van der Waals surface area contributed by atoms with Crippen LogP contribution in [0.2, 0.25) is 0 Å². The number of carbonyl (C=O) groups excluding carboxylic acids is 1. The molecule has 4 nitrogen and oxygen atoms in total. The summed E-state index contributed by atoms with van der Waals surface area (Å²) < 4.78 is 5.31. The predicted octanol–water partition coefficient (Wildman–Crippen LogP) is 2.54. The topological polar surface area (TPSA) is 53.3 Å². The molecule has 0 radical (unpaired) electrons. The largest absolute Gasteiger partial charge is 0.444 e. The zero-order chi connectivity index (χ0) is 12.5. The number of hydrogen-bond acceptors (Lipinski definition) is 3. The molecule has 1 saturated heterocycles. The lowest BCUT2D eigenvalue weighted by atomic mass is 10.0. The molecular weight excluding hydrogens is 204 g/mol. The lowest BCUT2D eigenvalue weighted by molar-refractivity contribution is 0.0186. The number of amides is 1. The molecule has 0 spiro atoms. The Bertz CT molecular complexity index is 314. The third-order valence-electron chi connectivity index (χ3n) is 2.95. The second-order valence-electron chi connectivity index (χ2n) is 5.49. The van der Waals surface area contributed by atoms with Crippen LogP contribution in [0.5, 0.6) is 0 Å². The van der Waals surface area contributed by atoms with E-state index in [1.54, 1.807) is 4.90 Å². The Morgan fingerprint density at radius 1 is 1.44 bits per heavy atom. The van der Waals surface area contributed by atoms with Crippen LogP contribution >= 0.6 is 0 Å². The molecule has 0 aromatic heterocycles. The lowest BCUT2D eigenvalue weighted by Crippen LogP contribution is -2.43. The zero-order valence-corrected chi connectivity index (χ0v) is 10.7. The molecule has 0 saturated carbocycles. The minimum Gasteiger partial charge on any atom is -0.444 e. The monoisotopic (exact) mass is 224 g/mol. The van der Waals surface area contributed by atoms with E-state index in [4.69, 9.17) is 10.00 Å². The molecule has 16 heavy (non-hydrogen) atoms. The second kappa shape index (κ2) is 4.32. The van der Waals surface area contributed by atoms with E-state index in [-0.39, 0.29) is 18.2 Å². The van der Waals surface area contributed by atoms with Crippen LogP contribution in [-0.4, -0.2) is 28.7 Å². The molecule has 0 N–H and O–H groups in total. The maximum absolute atomic E-state index is 11.9. The van der Waals surface area contributed by atoms with Crippen LogP contribution in [0.1, 0.15) is 41.0 Å². The fourth-order valence-electron chi connectivity index (χ4n) is 1.94. The van der Waals surface area contributed by atoms with Crippen molar-refractivity contribution in [1.82, 2.24) is 4.90 Å². The van der Waals surface area contributed by atoms with Crippen molar-refractivity contribution in [3.05, 3.63) is 0 Å². The Hall–Kier alpha value is -1.24. The van der Waals surface area contributed by atoms with Crippen LogP contribution in [0.4, 0.5) is 4.79 Å². The number of nitriles is 1. The van der Waals surface area contributed by atoms with E-state index in [9.17, 15) is 4.79 Å². The first-order chi connectivity index (χ1) is 7.26. The molecule has 0 aliphatic carbocycles. The minimum atomic E-state index is -0.511. The van der Waals surface area contributed by atoms with Gasteiger partial charge in [-0.2, -0.15) is 5.26 Å². The van der Waals surface area contributed by atoms with Crippen molar-refractivity contribution >= 4 is 6.09 Å². The average Bonchev–Trinajstić information content (AvgIpc) is 2.40. The van der Waals surface area contributed by atoms with E-state index >= 15 is 0 Å². The van der Waals surface area contributed by atoms with E-state index in [1.807, 2.05) is 27.7 Å². The molecule has 4 heteroatoms. The summed E-state index contributed by atoms with van der Waals surface area (Å²) in [7, 11) is 0. The SMILES string of the molecule is CC1[C@@H](C)C[C@@H](C#N)N1C(=O)OC(C)(C)C. The summed E-state index contributed by atoms with van der Waals surface area (Å²) in [5.74, 6) is 0.345. The number of ether oxygens (including phenoxy) is 1. The predicted molar refractivity (Wildman–Crippen MR) is 60.7 cm³/mol. The molecule has 1 aliphatic heterocycles. The van der Waals surface area contributed by atoms with Crippen molar-refractivity contribution in [1.29, 1.82) is 5.26 Å². The minimum absolute atomic E-state index is 0.0690. The van der Waals surface area contributed by atoms with Crippen molar-refractivity contribution in [3.8, 4) is 6.07 Å². The third kappa shape index (κ3) is 2.66. The highest BCUT2D eigenvalue weighted by atomic mass is 16.6. The van der Waals surface area contributed by atoms with Crippen LogP contribution in [-0.2, 0) is 4.74 Å². The molecule has 1 amide bonds. The first-order valence-electron chi connectivity index (χ1n) is 5.67. The van der Waals surface area contributed by atoms with Crippen molar-refractivity contribution < 1.29 is 9.53 Å². The van der Waals surface area contributed by atoms with Gasteiger partial charge in [0.05, 0.1) is 6.07 Å². The Balaban J connectivity index is 2.78. The summed E-state index contributed by atoms with van der Waals surface area (Å²) in [6, 6.07) is 1.89. The molecule has 0 aromatic rings. The summed E-state index contributed by atoms with van der Waals surface area (Å²) >= 11 is 0. The van der Waals surface area contributed by atoms with E-state index in [0.29, 0.717) is 5.92 Å². The van der Waals surface area contributed by atoms with Crippen LogP contribution < -0.4 is 0 Å². The van der Waals surface area contributed by atoms with E-state index < -0.39 is 5.60 Å². The van der Waals surface area contributed by atoms with Gasteiger partial charge < -0.3 is 4.74 Å². The van der Waals surface area contributed by atoms with E-state index in [2.05, 4.69) is 13.0 Å². The summed E-state index contributed by atoms with van der Waals surface area (Å²) in [5, 5.41) is 9.02. The van der Waals surface area contributed by atoms with E-state index in [0.717, 1.165) is 6.42 Å². The van der Waals surface area contributed by atoms with Crippen LogP contribution in [0.25, 0.3) is 0 Å². The van der Waals surface area contributed by atoms with Gasteiger partial charge in [-0.1, -0.05) is 6.92 Å². The number of hydrogen-bond donors (Lipinski definition) is 0. The Morgan fingerprint density at radius 3 is 2.44 bits per heavy atom. The first-order valence-corrected chi connectivity index (χ1v) is 5.67. The molecule has 1 unspecified atom stereocenters. The van der Waals surface area contributed by atoms with Crippen molar-refractivity contribution in [2.45, 2.75) is 58.7 Å². The smallest absolute Gasteiger partial charge is 0.411 e. The van der Waals surface area contributed by atoms with Gasteiger partial charge in [0.1, 0.15) is 11.6 Å². The molecule has 1 fully saturated rings. The van der Waals surface area contributed by atoms with Crippen LogP contribution in [0, 0.1) is 17.2 Å². The molecule has 1 aliphatic rings. The Labute approximate surface area is 97.2 Å². The van der Waals surface area contributed by atoms with Gasteiger partial charge in [-0.3, -0.25) is 4.90 Å². The third-order valence-corrected chi connectivity index (χ3v) is 2.95. The number of nitrogens with zero attached hydrogens (tertiary/aromatic N) is 2. The Kier molecular flexibility index (Phi) is 3.47. The summed E-state index contributed by atoms with van der Waals surface area (Å²) in [6.45, 7) is 9.51. The fourth-order valence-corrected chi connectivity index (χ4v) is 1.94. The van der Waals surface area contributed by atoms with Crippen LogP contribution in [0.3, 0.4) is 0 Å². The van der Waals surface area contributed by atoms with Gasteiger partial charge in [0.25, 0.3) is 0 Å². The van der Waals surface area contributed by atoms with Crippen LogP contribution in [0.15, 0.2) is 0 Å². The highest BCUT2D eigenvalue weighted by Crippen LogP contribution is 2.30. The molecule has 1 rings (SSSR count). The maximum atomic E-state index is 11.9. The van der Waals surface area contributed by atoms with Crippen molar-refractivity contribution in [3.63, 3.8) is 0 Å². The number of likely N-dealkylation sites (tertiary alicyclic amines) is 1. The van der Waals surface area contributed by atoms with Gasteiger partial charge in [0.2, 0.25) is 0 Å². The summed E-state index contributed by atoms with van der Waals surface area (Å²) in [6.07, 6.45) is 0.354. The number of carbonyl (C=O) groups is 1. The van der Waals surface area contributed by atoms with Gasteiger partial charge >= 0.3 is 6.09 Å².